The standard InChI is InChI=1S/C10H12N4/c1-8(11)9-2-3-13-10(6-9)14-5-4-12-7-14/h2-8H,11H2,1H3. The van der Waals surface area contributed by atoms with Crippen LogP contribution in [0.3, 0.4) is 0 Å². The third-order valence-electron chi connectivity index (χ3n) is 2.06. The molecule has 2 rings (SSSR count). The zero-order valence-corrected chi connectivity index (χ0v) is 7.96. The molecule has 0 radical (unpaired) electrons. The lowest BCUT2D eigenvalue weighted by Crippen LogP contribution is -2.06. The molecule has 0 spiro atoms. The molecular weight excluding hydrogens is 176 g/mol. The summed E-state index contributed by atoms with van der Waals surface area (Å²) < 4.78 is 1.85. The van der Waals surface area contributed by atoms with Gasteiger partial charge in [0.2, 0.25) is 0 Å². The summed E-state index contributed by atoms with van der Waals surface area (Å²) in [5.74, 6) is 0.845. The van der Waals surface area contributed by atoms with Crippen LogP contribution in [0.15, 0.2) is 37.1 Å². The molecule has 0 bridgehead atoms. The lowest BCUT2D eigenvalue weighted by atomic mass is 10.1. The first-order valence-electron chi connectivity index (χ1n) is 4.47. The molecule has 2 N–H and O–H groups in total. The van der Waals surface area contributed by atoms with Gasteiger partial charge in [-0.3, -0.25) is 4.57 Å². The number of imidazole rings is 1. The largest absolute Gasteiger partial charge is 0.324 e. The Morgan fingerprint density at radius 3 is 2.93 bits per heavy atom. The molecule has 0 aliphatic rings. The van der Waals surface area contributed by atoms with Crippen molar-refractivity contribution < 1.29 is 0 Å². The van der Waals surface area contributed by atoms with Gasteiger partial charge in [0.1, 0.15) is 12.1 Å². The topological polar surface area (TPSA) is 56.7 Å². The van der Waals surface area contributed by atoms with Crippen LogP contribution < -0.4 is 5.73 Å². The molecule has 14 heavy (non-hydrogen) atoms. The number of hydrogen-bond acceptors (Lipinski definition) is 3. The summed E-state index contributed by atoms with van der Waals surface area (Å²) in [5, 5.41) is 0. The Balaban J connectivity index is 2.41. The summed E-state index contributed by atoms with van der Waals surface area (Å²) in [4.78, 5) is 8.20. The molecule has 2 aromatic rings. The van der Waals surface area contributed by atoms with Gasteiger partial charge in [0.05, 0.1) is 0 Å². The number of hydrogen-bond donors (Lipinski definition) is 1. The van der Waals surface area contributed by atoms with E-state index in [4.69, 9.17) is 5.73 Å². The smallest absolute Gasteiger partial charge is 0.138 e. The molecule has 4 nitrogen and oxygen atoms in total. The maximum absolute atomic E-state index is 5.78. The highest BCUT2D eigenvalue weighted by Gasteiger charge is 2.02. The van der Waals surface area contributed by atoms with E-state index in [0.717, 1.165) is 11.4 Å². The fourth-order valence-electron chi connectivity index (χ4n) is 1.25. The minimum atomic E-state index is 0.0280. The van der Waals surface area contributed by atoms with Crippen molar-refractivity contribution >= 4 is 0 Å². The summed E-state index contributed by atoms with van der Waals surface area (Å²) in [6, 6.07) is 3.91. The summed E-state index contributed by atoms with van der Waals surface area (Å²) in [6.07, 6.45) is 7.05. The van der Waals surface area contributed by atoms with E-state index in [1.54, 1.807) is 18.7 Å². The minimum Gasteiger partial charge on any atom is -0.324 e. The van der Waals surface area contributed by atoms with Gasteiger partial charge in [-0.05, 0) is 24.6 Å². The molecule has 4 heteroatoms. The summed E-state index contributed by atoms with van der Waals surface area (Å²) >= 11 is 0. The monoisotopic (exact) mass is 188 g/mol. The van der Waals surface area contributed by atoms with Crippen LogP contribution in [0, 0.1) is 0 Å². The number of rotatable bonds is 2. The zero-order valence-electron chi connectivity index (χ0n) is 7.96. The Hall–Kier alpha value is -1.68. The van der Waals surface area contributed by atoms with Crippen molar-refractivity contribution in [2.24, 2.45) is 5.73 Å². The van der Waals surface area contributed by atoms with Crippen molar-refractivity contribution in [3.05, 3.63) is 42.6 Å². The molecule has 72 valence electrons. The van der Waals surface area contributed by atoms with E-state index >= 15 is 0 Å². The first kappa shape index (κ1) is 8.90. The second-order valence-electron chi connectivity index (χ2n) is 3.21. The van der Waals surface area contributed by atoms with Crippen LogP contribution in [0.4, 0.5) is 0 Å². The first-order chi connectivity index (χ1) is 6.77. The van der Waals surface area contributed by atoms with Crippen LogP contribution in [0.5, 0.6) is 0 Å². The predicted octanol–water partition coefficient (Wildman–Crippen LogP) is 1.29. The SMILES string of the molecule is CC(N)c1ccnc(-n2ccnc2)c1. The molecule has 0 aliphatic heterocycles. The molecule has 1 atom stereocenters. The van der Waals surface area contributed by atoms with E-state index in [0.29, 0.717) is 0 Å². The molecule has 0 fully saturated rings. The van der Waals surface area contributed by atoms with Gasteiger partial charge < -0.3 is 5.73 Å². The van der Waals surface area contributed by atoms with Crippen molar-refractivity contribution in [1.82, 2.24) is 14.5 Å². The van der Waals surface area contributed by atoms with Gasteiger partial charge in [-0.2, -0.15) is 0 Å². The molecule has 0 saturated heterocycles. The number of pyridine rings is 1. The van der Waals surface area contributed by atoms with Crippen molar-refractivity contribution in [3.63, 3.8) is 0 Å². The number of nitrogens with zero attached hydrogens (tertiary/aromatic N) is 3. The number of aromatic nitrogens is 3. The predicted molar refractivity (Wildman–Crippen MR) is 54.0 cm³/mol. The van der Waals surface area contributed by atoms with Crippen LogP contribution >= 0.6 is 0 Å². The van der Waals surface area contributed by atoms with Crippen LogP contribution in [-0.4, -0.2) is 14.5 Å². The lowest BCUT2D eigenvalue weighted by molar-refractivity contribution is 0.810. The van der Waals surface area contributed by atoms with E-state index in [1.165, 1.54) is 0 Å². The van der Waals surface area contributed by atoms with Gasteiger partial charge in [0.25, 0.3) is 0 Å². The Kier molecular flexibility index (Phi) is 2.28. The highest BCUT2D eigenvalue weighted by molar-refractivity contribution is 5.29. The minimum absolute atomic E-state index is 0.0280. The third kappa shape index (κ3) is 1.65. The average Bonchev–Trinajstić information content (AvgIpc) is 2.71. The van der Waals surface area contributed by atoms with Gasteiger partial charge >= 0.3 is 0 Å². The van der Waals surface area contributed by atoms with E-state index in [-0.39, 0.29) is 6.04 Å². The van der Waals surface area contributed by atoms with Gasteiger partial charge in [0.15, 0.2) is 0 Å². The Bertz CT molecular complexity index is 406. The Morgan fingerprint density at radius 1 is 1.43 bits per heavy atom. The van der Waals surface area contributed by atoms with Gasteiger partial charge in [-0.1, -0.05) is 0 Å². The van der Waals surface area contributed by atoms with Crippen molar-refractivity contribution in [3.8, 4) is 5.82 Å². The highest BCUT2D eigenvalue weighted by Crippen LogP contribution is 2.12. The van der Waals surface area contributed by atoms with E-state index in [9.17, 15) is 0 Å². The van der Waals surface area contributed by atoms with E-state index in [2.05, 4.69) is 9.97 Å². The quantitative estimate of drug-likeness (QED) is 0.772. The van der Waals surface area contributed by atoms with Gasteiger partial charge in [-0.15, -0.1) is 0 Å². The molecule has 0 amide bonds. The number of nitrogens with two attached hydrogens (primary N) is 1. The van der Waals surface area contributed by atoms with Gasteiger partial charge in [0, 0.05) is 24.6 Å². The Labute approximate surface area is 82.4 Å². The summed E-state index contributed by atoms with van der Waals surface area (Å²) in [5.41, 5.74) is 6.86. The zero-order chi connectivity index (χ0) is 9.97. The second kappa shape index (κ2) is 3.59. The van der Waals surface area contributed by atoms with Crippen LogP contribution in [-0.2, 0) is 0 Å². The highest BCUT2D eigenvalue weighted by atomic mass is 15.1. The second-order valence-corrected chi connectivity index (χ2v) is 3.21. The molecule has 0 aromatic carbocycles. The molecule has 2 heterocycles. The normalized spacial score (nSPS) is 12.7. The molecule has 0 saturated carbocycles. The fourth-order valence-corrected chi connectivity index (χ4v) is 1.25. The van der Waals surface area contributed by atoms with E-state index in [1.807, 2.05) is 29.8 Å². The summed E-state index contributed by atoms with van der Waals surface area (Å²) in [7, 11) is 0. The molecule has 1 unspecified atom stereocenters. The average molecular weight is 188 g/mol. The van der Waals surface area contributed by atoms with Crippen molar-refractivity contribution in [1.29, 1.82) is 0 Å². The molecular formula is C10H12N4. The first-order valence-corrected chi connectivity index (χ1v) is 4.47. The molecule has 0 aliphatic carbocycles. The van der Waals surface area contributed by atoms with Crippen molar-refractivity contribution in [2.75, 3.05) is 0 Å². The fraction of sp³-hybridized carbons (Fsp3) is 0.200. The maximum atomic E-state index is 5.78. The lowest BCUT2D eigenvalue weighted by Gasteiger charge is -2.07. The van der Waals surface area contributed by atoms with Crippen LogP contribution in [0.1, 0.15) is 18.5 Å². The molecule has 2 aromatic heterocycles. The Morgan fingerprint density at radius 2 is 2.29 bits per heavy atom. The van der Waals surface area contributed by atoms with E-state index < -0.39 is 0 Å². The van der Waals surface area contributed by atoms with Crippen molar-refractivity contribution in [2.45, 2.75) is 13.0 Å². The maximum Gasteiger partial charge on any atom is 0.138 e. The third-order valence-corrected chi connectivity index (χ3v) is 2.06. The summed E-state index contributed by atoms with van der Waals surface area (Å²) in [6.45, 7) is 1.95. The van der Waals surface area contributed by atoms with Gasteiger partial charge in [-0.25, -0.2) is 9.97 Å². The van der Waals surface area contributed by atoms with Crippen LogP contribution in [0.25, 0.3) is 5.82 Å². The van der Waals surface area contributed by atoms with Crippen LogP contribution in [0.2, 0.25) is 0 Å².